The Balaban J connectivity index is 1.66. The second-order valence-corrected chi connectivity index (χ2v) is 6.31. The Morgan fingerprint density at radius 1 is 1.08 bits per heavy atom. The smallest absolute Gasteiger partial charge is 0.276 e. The summed E-state index contributed by atoms with van der Waals surface area (Å²) in [5.74, 6) is 2.46. The summed E-state index contributed by atoms with van der Waals surface area (Å²) >= 11 is 1.41. The predicted octanol–water partition coefficient (Wildman–Crippen LogP) is 3.84. The first-order valence-electron chi connectivity index (χ1n) is 7.87. The Kier molecular flexibility index (Phi) is 5.77. The fourth-order valence-corrected chi connectivity index (χ4v) is 3.21. The van der Waals surface area contributed by atoms with Gasteiger partial charge >= 0.3 is 0 Å². The van der Waals surface area contributed by atoms with Gasteiger partial charge in [0.25, 0.3) is 5.22 Å². The van der Waals surface area contributed by atoms with E-state index in [0.717, 1.165) is 11.1 Å². The Morgan fingerprint density at radius 3 is 2.65 bits per heavy atom. The van der Waals surface area contributed by atoms with Crippen LogP contribution in [0.2, 0.25) is 0 Å². The fourth-order valence-electron chi connectivity index (χ4n) is 2.43. The SMILES string of the molecule is COc1ccc(Cc2nnc(SCc3ccccc3C#N)o2)cc1OC. The number of methoxy groups -OCH3 is 2. The second kappa shape index (κ2) is 8.41. The number of benzene rings is 2. The van der Waals surface area contributed by atoms with Crippen LogP contribution in [0.1, 0.15) is 22.6 Å². The van der Waals surface area contributed by atoms with E-state index >= 15 is 0 Å². The summed E-state index contributed by atoms with van der Waals surface area (Å²) in [6.45, 7) is 0. The highest BCUT2D eigenvalue weighted by molar-refractivity contribution is 7.98. The van der Waals surface area contributed by atoms with Crippen LogP contribution in [0.4, 0.5) is 0 Å². The van der Waals surface area contributed by atoms with Gasteiger partial charge in [-0.3, -0.25) is 0 Å². The molecule has 132 valence electrons. The number of nitrogens with zero attached hydrogens (tertiary/aromatic N) is 3. The average Bonchev–Trinajstić information content (AvgIpc) is 3.13. The maximum atomic E-state index is 9.13. The molecule has 0 amide bonds. The Bertz CT molecular complexity index is 934. The van der Waals surface area contributed by atoms with Gasteiger partial charge in [-0.2, -0.15) is 5.26 Å². The van der Waals surface area contributed by atoms with E-state index in [2.05, 4.69) is 16.3 Å². The van der Waals surface area contributed by atoms with Crippen molar-refractivity contribution in [3.8, 4) is 17.6 Å². The number of hydrogen-bond acceptors (Lipinski definition) is 7. The molecular formula is C19H17N3O3S. The van der Waals surface area contributed by atoms with E-state index in [0.29, 0.717) is 40.3 Å². The predicted molar refractivity (Wildman–Crippen MR) is 97.4 cm³/mol. The molecule has 0 bridgehead atoms. The van der Waals surface area contributed by atoms with Crippen molar-refractivity contribution in [2.45, 2.75) is 17.4 Å². The van der Waals surface area contributed by atoms with Gasteiger partial charge in [-0.1, -0.05) is 36.0 Å². The molecule has 1 aromatic heterocycles. The molecule has 0 aliphatic rings. The lowest BCUT2D eigenvalue weighted by atomic mass is 10.1. The zero-order chi connectivity index (χ0) is 18.4. The molecule has 1 heterocycles. The molecule has 6 nitrogen and oxygen atoms in total. The highest BCUT2D eigenvalue weighted by Gasteiger charge is 2.11. The first-order valence-corrected chi connectivity index (χ1v) is 8.86. The summed E-state index contributed by atoms with van der Waals surface area (Å²) in [4.78, 5) is 0. The van der Waals surface area contributed by atoms with Crippen LogP contribution in [-0.4, -0.2) is 24.4 Å². The lowest BCUT2D eigenvalue weighted by Crippen LogP contribution is -1.94. The van der Waals surface area contributed by atoms with Gasteiger partial charge in [0.2, 0.25) is 5.89 Å². The van der Waals surface area contributed by atoms with Gasteiger partial charge in [0.1, 0.15) is 0 Å². The molecule has 0 spiro atoms. The van der Waals surface area contributed by atoms with E-state index in [1.54, 1.807) is 20.3 Å². The molecule has 0 saturated carbocycles. The number of thioether (sulfide) groups is 1. The van der Waals surface area contributed by atoms with Gasteiger partial charge in [0.15, 0.2) is 11.5 Å². The van der Waals surface area contributed by atoms with Crippen LogP contribution < -0.4 is 9.47 Å². The molecule has 0 N–H and O–H groups in total. The minimum atomic E-state index is 0.480. The largest absolute Gasteiger partial charge is 0.493 e. The number of ether oxygens (including phenoxy) is 2. The van der Waals surface area contributed by atoms with Gasteiger partial charge in [0.05, 0.1) is 32.3 Å². The van der Waals surface area contributed by atoms with Crippen LogP contribution in [0.3, 0.4) is 0 Å². The summed E-state index contributed by atoms with van der Waals surface area (Å²) in [6, 6.07) is 15.3. The van der Waals surface area contributed by atoms with Gasteiger partial charge < -0.3 is 13.9 Å². The lowest BCUT2D eigenvalue weighted by Gasteiger charge is -2.08. The monoisotopic (exact) mass is 367 g/mol. The highest BCUT2D eigenvalue weighted by atomic mass is 32.2. The Labute approximate surface area is 155 Å². The summed E-state index contributed by atoms with van der Waals surface area (Å²) in [6.07, 6.45) is 0.503. The van der Waals surface area contributed by atoms with Gasteiger partial charge in [0, 0.05) is 5.75 Å². The van der Waals surface area contributed by atoms with Crippen molar-refractivity contribution in [2.75, 3.05) is 14.2 Å². The van der Waals surface area contributed by atoms with Crippen molar-refractivity contribution in [1.29, 1.82) is 5.26 Å². The fraction of sp³-hybridized carbons (Fsp3) is 0.211. The topological polar surface area (TPSA) is 81.2 Å². The molecule has 0 radical (unpaired) electrons. The minimum absolute atomic E-state index is 0.480. The Hall–Kier alpha value is -2.98. The number of aromatic nitrogens is 2. The molecule has 0 atom stereocenters. The van der Waals surface area contributed by atoms with E-state index in [1.807, 2.05) is 36.4 Å². The van der Waals surface area contributed by atoms with Gasteiger partial charge in [-0.25, -0.2) is 0 Å². The Morgan fingerprint density at radius 2 is 1.88 bits per heavy atom. The molecule has 3 rings (SSSR count). The highest BCUT2D eigenvalue weighted by Crippen LogP contribution is 2.29. The molecule has 3 aromatic rings. The number of nitriles is 1. The normalized spacial score (nSPS) is 10.3. The molecule has 0 fully saturated rings. The van der Waals surface area contributed by atoms with E-state index in [9.17, 15) is 0 Å². The van der Waals surface area contributed by atoms with E-state index in [1.165, 1.54) is 11.8 Å². The zero-order valence-electron chi connectivity index (χ0n) is 14.4. The lowest BCUT2D eigenvalue weighted by molar-refractivity contribution is 0.354. The molecule has 0 unspecified atom stereocenters. The van der Waals surface area contributed by atoms with Gasteiger partial charge in [-0.05, 0) is 29.3 Å². The van der Waals surface area contributed by atoms with E-state index in [4.69, 9.17) is 19.2 Å². The first kappa shape index (κ1) is 17.8. The molecule has 26 heavy (non-hydrogen) atoms. The summed E-state index contributed by atoms with van der Waals surface area (Å²) < 4.78 is 16.2. The quantitative estimate of drug-likeness (QED) is 0.587. The van der Waals surface area contributed by atoms with Gasteiger partial charge in [-0.15, -0.1) is 10.2 Å². The summed E-state index contributed by atoms with van der Waals surface area (Å²) in [5.41, 5.74) is 2.59. The number of rotatable bonds is 7. The standard InChI is InChI=1S/C19H17N3O3S/c1-23-16-8-7-13(9-17(16)24-2)10-18-21-22-19(25-18)26-12-15-6-4-3-5-14(15)11-20/h3-9H,10,12H2,1-2H3. The molecular weight excluding hydrogens is 350 g/mol. The summed E-state index contributed by atoms with van der Waals surface area (Å²) in [5, 5.41) is 17.8. The van der Waals surface area contributed by atoms with Crippen LogP contribution in [-0.2, 0) is 12.2 Å². The molecule has 2 aromatic carbocycles. The van der Waals surface area contributed by atoms with Crippen LogP contribution in [0.15, 0.2) is 52.1 Å². The minimum Gasteiger partial charge on any atom is -0.493 e. The van der Waals surface area contributed by atoms with Crippen molar-refractivity contribution in [3.63, 3.8) is 0 Å². The third-order valence-electron chi connectivity index (χ3n) is 3.74. The molecule has 7 heteroatoms. The van der Waals surface area contributed by atoms with Crippen molar-refractivity contribution >= 4 is 11.8 Å². The van der Waals surface area contributed by atoms with Crippen LogP contribution >= 0.6 is 11.8 Å². The zero-order valence-corrected chi connectivity index (χ0v) is 15.2. The number of hydrogen-bond donors (Lipinski definition) is 0. The first-order chi connectivity index (χ1) is 12.7. The summed E-state index contributed by atoms with van der Waals surface area (Å²) in [7, 11) is 3.20. The van der Waals surface area contributed by atoms with Crippen molar-refractivity contribution in [2.24, 2.45) is 0 Å². The van der Waals surface area contributed by atoms with Crippen LogP contribution in [0.25, 0.3) is 0 Å². The van der Waals surface area contributed by atoms with E-state index in [-0.39, 0.29) is 0 Å². The van der Waals surface area contributed by atoms with Crippen molar-refractivity contribution in [3.05, 3.63) is 65.0 Å². The van der Waals surface area contributed by atoms with E-state index < -0.39 is 0 Å². The molecule has 0 aliphatic carbocycles. The molecule has 0 saturated heterocycles. The average molecular weight is 367 g/mol. The maximum Gasteiger partial charge on any atom is 0.276 e. The van der Waals surface area contributed by atoms with Crippen LogP contribution in [0, 0.1) is 11.3 Å². The van der Waals surface area contributed by atoms with Crippen molar-refractivity contribution < 1.29 is 13.9 Å². The second-order valence-electron chi connectivity index (χ2n) is 5.39. The maximum absolute atomic E-state index is 9.13. The third-order valence-corrected chi connectivity index (χ3v) is 4.61. The van der Waals surface area contributed by atoms with Crippen LogP contribution in [0.5, 0.6) is 11.5 Å². The molecule has 0 aliphatic heterocycles. The van der Waals surface area contributed by atoms with Crippen molar-refractivity contribution in [1.82, 2.24) is 10.2 Å². The third kappa shape index (κ3) is 4.16.